The van der Waals surface area contributed by atoms with Crippen molar-refractivity contribution in [1.29, 1.82) is 0 Å². The number of pyridine rings is 8. The second kappa shape index (κ2) is 42.5. The summed E-state index contributed by atoms with van der Waals surface area (Å²) >= 11 is 0. The van der Waals surface area contributed by atoms with Crippen LogP contribution in [-0.2, 0) is 25.7 Å². The van der Waals surface area contributed by atoms with E-state index in [0.29, 0.717) is 0 Å². The molecule has 15 heterocycles. The summed E-state index contributed by atoms with van der Waals surface area (Å²) in [5.41, 5.74) is 46.8. The highest BCUT2D eigenvalue weighted by molar-refractivity contribution is 6.01. The number of hydrogen-bond donors (Lipinski definition) is 0. The normalized spacial score (nSPS) is 11.1. The minimum atomic E-state index is 0.735. The zero-order chi connectivity index (χ0) is 97.0. The van der Waals surface area contributed by atoms with Crippen LogP contribution >= 0.6 is 0 Å². The second-order valence-corrected chi connectivity index (χ2v) is 35.8. The molecule has 0 amide bonds. The average Bonchev–Trinajstić information content (AvgIpc) is 1.59. The molecule has 9 aromatic carbocycles. The summed E-state index contributed by atoms with van der Waals surface area (Å²) in [5.74, 6) is 1.47. The van der Waals surface area contributed by atoms with Crippen molar-refractivity contribution in [3.8, 4) is 101 Å². The van der Waals surface area contributed by atoms with Gasteiger partial charge in [-0.15, -0.1) is 0 Å². The molecule has 140 heavy (non-hydrogen) atoms. The minimum Gasteiger partial charge on any atom is -0.493 e. The maximum Gasteiger partial charge on any atom is 0.161 e. The molecule has 24 aromatic rings. The van der Waals surface area contributed by atoms with Crippen LogP contribution in [-0.4, -0.2) is 50.0 Å². The van der Waals surface area contributed by atoms with Crippen molar-refractivity contribution in [1.82, 2.24) is 35.8 Å². The summed E-state index contributed by atoms with van der Waals surface area (Å²) in [6, 6.07) is 130. The third-order valence-electron chi connectivity index (χ3n) is 28.0. The van der Waals surface area contributed by atoms with E-state index < -0.39 is 0 Å². The van der Waals surface area contributed by atoms with Gasteiger partial charge in [0.25, 0.3) is 0 Å². The van der Waals surface area contributed by atoms with Gasteiger partial charge in [0.1, 0.15) is 0 Å². The Hall–Kier alpha value is -16.4. The lowest BCUT2D eigenvalue weighted by Gasteiger charge is -2.11. The molecule has 10 heteroatoms. The highest BCUT2D eigenvalue weighted by Crippen LogP contribution is 2.46. The largest absolute Gasteiger partial charge is 0.493 e. The number of nitrogens with zero attached hydrogens (tertiary/aromatic N) is 8. The van der Waals surface area contributed by atoms with Crippen LogP contribution in [0.2, 0.25) is 0 Å². The van der Waals surface area contributed by atoms with Crippen LogP contribution in [0.25, 0.3) is 149 Å². The molecule has 0 aliphatic carbocycles. The Bertz CT molecular complexity index is 8430. The van der Waals surface area contributed by atoms with Crippen molar-refractivity contribution in [3.63, 3.8) is 0 Å². The van der Waals surface area contributed by atoms with Gasteiger partial charge in [-0.05, 0) is 303 Å². The molecule has 0 saturated heterocycles. The third-order valence-corrected chi connectivity index (χ3v) is 28.0. The van der Waals surface area contributed by atoms with Gasteiger partial charge in [-0.25, -0.2) is 0 Å². The molecule has 0 saturated carbocycles. The maximum atomic E-state index is 5.53. The van der Waals surface area contributed by atoms with E-state index in [2.05, 4.69) is 509 Å². The Morgan fingerprint density at radius 3 is 0.950 bits per heavy atom. The van der Waals surface area contributed by atoms with Crippen molar-refractivity contribution in [2.45, 2.75) is 116 Å². The Morgan fingerprint density at radius 2 is 0.529 bits per heavy atom. The van der Waals surface area contributed by atoms with E-state index in [4.69, 9.17) is 9.47 Å². The van der Waals surface area contributed by atoms with Crippen LogP contribution in [0.4, 0.5) is 0 Å². The molecular formula is C130H122N8O2. The molecular weight excluding hydrogens is 1710 g/mol. The van der Waals surface area contributed by atoms with Crippen LogP contribution in [0.5, 0.6) is 11.5 Å². The van der Waals surface area contributed by atoms with Crippen molar-refractivity contribution in [3.05, 3.63) is 493 Å². The van der Waals surface area contributed by atoms with E-state index in [1.807, 2.05) is 36.5 Å². The van der Waals surface area contributed by atoms with E-state index in [9.17, 15) is 0 Å². The number of methoxy groups -OCH3 is 2. The van der Waals surface area contributed by atoms with E-state index in [0.717, 1.165) is 48.4 Å². The van der Waals surface area contributed by atoms with Crippen LogP contribution < -0.4 is 9.47 Å². The van der Waals surface area contributed by atoms with Gasteiger partial charge in [-0.2, -0.15) is 0 Å². The Labute approximate surface area is 823 Å². The molecule has 0 aliphatic heterocycles. The maximum absolute atomic E-state index is 5.53. The summed E-state index contributed by atoms with van der Waals surface area (Å²) < 4.78 is 26.9. The van der Waals surface area contributed by atoms with Crippen molar-refractivity contribution < 1.29 is 9.47 Å². The van der Waals surface area contributed by atoms with Crippen molar-refractivity contribution in [2.24, 2.45) is 0 Å². The predicted molar refractivity (Wildman–Crippen MR) is 591 cm³/mol. The van der Waals surface area contributed by atoms with Crippen LogP contribution in [0, 0.1) is 62.3 Å². The lowest BCUT2D eigenvalue weighted by molar-refractivity contribution is 0.355. The van der Waals surface area contributed by atoms with Gasteiger partial charge in [0.15, 0.2) is 11.5 Å². The number of rotatable bonds is 14. The van der Waals surface area contributed by atoms with Gasteiger partial charge >= 0.3 is 0 Å². The van der Waals surface area contributed by atoms with E-state index in [1.54, 1.807) is 14.2 Å². The molecule has 0 N–H and O–H groups in total. The number of aromatic nitrogens is 8. The van der Waals surface area contributed by atoms with E-state index in [1.165, 1.54) is 211 Å². The summed E-state index contributed by atoms with van der Waals surface area (Å²) in [6.45, 7) is 28.7. The van der Waals surface area contributed by atoms with Crippen LogP contribution in [0.15, 0.2) is 420 Å². The van der Waals surface area contributed by atoms with Gasteiger partial charge in [-0.3, -0.25) is 4.98 Å². The Kier molecular flexibility index (Phi) is 28.5. The molecule has 0 bridgehead atoms. The molecule has 10 nitrogen and oxygen atoms in total. The quantitative estimate of drug-likeness (QED) is 0.109. The number of ether oxygens (including phenoxy) is 2. The first-order valence-corrected chi connectivity index (χ1v) is 49.0. The van der Waals surface area contributed by atoms with Gasteiger partial charge in [0, 0.05) is 156 Å². The minimum absolute atomic E-state index is 0.735. The Morgan fingerprint density at radius 1 is 0.207 bits per heavy atom. The summed E-state index contributed by atoms with van der Waals surface area (Å²) in [5, 5.41) is 5.14. The predicted octanol–water partition coefficient (Wildman–Crippen LogP) is 33.7. The van der Waals surface area contributed by atoms with Gasteiger partial charge < -0.3 is 40.3 Å². The lowest BCUT2D eigenvalue weighted by Crippen LogP contribution is -1.92. The SMILES string of the molecule is CCc1c(-c2ccccc2)c(C)c2ccccn12.CCc1c(C)c(C)c2ccccn12.CCc1c(CC)c2ccccn2c1C.COc1ccc(-c2c(-c3ccccc3)c3ccccn3c2C)cc1OC.Cc1c(-c2ccc3ccccc3c2)c(-c2ccccc2)c2ccccn12.Cc1c(-c2ccc3ccccc3c2)c(C)n2ccccc12.Cc1c(-c2ccccn2)c(-c2ccccc2)c2ccccn12. The van der Waals surface area contributed by atoms with Crippen LogP contribution in [0.3, 0.4) is 0 Å². The van der Waals surface area contributed by atoms with E-state index >= 15 is 0 Å². The van der Waals surface area contributed by atoms with Crippen molar-refractivity contribution in [2.75, 3.05) is 14.2 Å². The number of hydrogen-bond acceptors (Lipinski definition) is 3. The highest BCUT2D eigenvalue weighted by atomic mass is 16.5. The molecule has 694 valence electrons. The third kappa shape index (κ3) is 18.4. The van der Waals surface area contributed by atoms with Crippen molar-refractivity contribution >= 4 is 60.2 Å². The summed E-state index contributed by atoms with van der Waals surface area (Å²) in [6.07, 6.45) is 21.3. The molecule has 0 fully saturated rings. The zero-order valence-corrected chi connectivity index (χ0v) is 83.1. The molecule has 0 atom stereocenters. The molecule has 0 unspecified atom stereocenters. The topological polar surface area (TPSA) is 62.2 Å². The fourth-order valence-corrected chi connectivity index (χ4v) is 21.2. The first-order valence-electron chi connectivity index (χ1n) is 49.0. The molecule has 0 aliphatic rings. The van der Waals surface area contributed by atoms with Gasteiger partial charge in [0.05, 0.1) is 36.5 Å². The lowest BCUT2D eigenvalue weighted by atomic mass is 9.94. The fourth-order valence-electron chi connectivity index (χ4n) is 21.2. The number of aryl methyl sites for hydroxylation is 11. The molecule has 15 aromatic heterocycles. The standard InChI is InChI=1S/C25H19N.C23H21NO2.C20H16N2.C20H17N.C17H17N.C13H17N.C12H15N/c1-18-24(22-15-14-19-9-5-6-12-21(19)17-22)25(20-10-3-2-4-11-20)23-13-7-8-16-26(18)23;1-16-22(18-12-13-20(25-2)21(15-18)26-3)23(17-9-5-4-6-10-17)19-11-7-8-14-24(16)19;1-15-19(17-11-5-7-13-21-17)20(16-9-3-2-4-10-16)18-12-6-8-14-22(15)18;1-14-19-9-5-6-12-21(19)15(2)20(14)18-11-10-16-7-3-4-8-17(16)13-18;1-3-15-17(14-9-5-4-6-10-14)13(2)16-11-7-8-12-18(15)16;1-4-11-10(3)14-9-7-6-8-13(14)12(11)5-2;1-4-11-9(2)10(3)12-7-5-6-8-13(11)12/h2-17H,1H3;4-15H,1-3H3;2-14H,1H3;3-13H,1-2H3;4-12H,3H2,1-2H3;6-9H,4-5H2,1-3H3;5-8H,4H2,1-3H3. The van der Waals surface area contributed by atoms with Gasteiger partial charge in [0.2, 0.25) is 0 Å². The first-order chi connectivity index (χ1) is 68.6. The zero-order valence-electron chi connectivity index (χ0n) is 83.1. The second-order valence-electron chi connectivity index (χ2n) is 35.8. The average molecular weight is 1830 g/mol. The highest BCUT2D eigenvalue weighted by Gasteiger charge is 2.25. The van der Waals surface area contributed by atoms with E-state index in [-0.39, 0.29) is 0 Å². The first kappa shape index (κ1) is 93.9. The van der Waals surface area contributed by atoms with Gasteiger partial charge in [-0.1, -0.05) is 276 Å². The summed E-state index contributed by atoms with van der Waals surface area (Å²) in [7, 11) is 3.33. The molecule has 0 spiro atoms. The number of fused-ring (bicyclic) bond motifs is 9. The number of benzene rings is 9. The molecule has 0 radical (unpaired) electrons. The summed E-state index contributed by atoms with van der Waals surface area (Å²) in [4.78, 5) is 4.58. The smallest absolute Gasteiger partial charge is 0.161 e. The Balaban J connectivity index is 0.000000109. The fraction of sp³-hybridized carbons (Fsp3) is 0.146. The molecule has 24 rings (SSSR count). The van der Waals surface area contributed by atoms with Crippen LogP contribution in [0.1, 0.15) is 101 Å². The monoisotopic (exact) mass is 1830 g/mol.